The van der Waals surface area contributed by atoms with Crippen LogP contribution in [-0.2, 0) is 14.3 Å². The Morgan fingerprint density at radius 1 is 1.14 bits per heavy atom. The molecule has 7 heteroatoms. The van der Waals surface area contributed by atoms with E-state index in [0.29, 0.717) is 23.6 Å². The van der Waals surface area contributed by atoms with Crippen LogP contribution in [0.4, 0.5) is 4.79 Å². The van der Waals surface area contributed by atoms with Gasteiger partial charge in [-0.1, -0.05) is 18.7 Å². The molecule has 2 aromatic carbocycles. The smallest absolute Gasteiger partial charge is 0.460 e. The number of carbonyl (C=O) groups excluding carboxylic acids is 2. The van der Waals surface area contributed by atoms with Gasteiger partial charge in [-0.25, -0.2) is 9.59 Å². The number of carbonyl (C=O) groups is 2. The van der Waals surface area contributed by atoms with Gasteiger partial charge < -0.3 is 14.2 Å². The molecule has 6 nitrogen and oxygen atoms in total. The Labute approximate surface area is 171 Å². The van der Waals surface area contributed by atoms with Crippen molar-refractivity contribution in [3.05, 3.63) is 65.3 Å². The van der Waals surface area contributed by atoms with Crippen LogP contribution in [0.2, 0.25) is 0 Å². The summed E-state index contributed by atoms with van der Waals surface area (Å²) in [6.07, 6.45) is 1.00. The summed E-state index contributed by atoms with van der Waals surface area (Å²) in [5.74, 6) is -0.240. The molecule has 0 bridgehead atoms. The maximum absolute atomic E-state index is 12.7. The van der Waals surface area contributed by atoms with Crippen LogP contribution < -0.4 is 10.2 Å². The minimum Gasteiger partial charge on any atom is -0.460 e. The van der Waals surface area contributed by atoms with E-state index in [0.717, 1.165) is 15.5 Å². The third kappa shape index (κ3) is 5.20. The van der Waals surface area contributed by atoms with Crippen molar-refractivity contribution in [1.29, 1.82) is 0 Å². The summed E-state index contributed by atoms with van der Waals surface area (Å²) in [4.78, 5) is 35.7. The Bertz CT molecular complexity index is 1120. The van der Waals surface area contributed by atoms with Crippen molar-refractivity contribution in [2.45, 2.75) is 25.9 Å². The van der Waals surface area contributed by atoms with Crippen LogP contribution >= 0.6 is 11.3 Å². The fourth-order valence-corrected chi connectivity index (χ4v) is 3.85. The highest BCUT2D eigenvalue weighted by molar-refractivity contribution is 7.24. The number of hydrogen-bond donors (Lipinski definition) is 0. The molecule has 0 saturated heterocycles. The van der Waals surface area contributed by atoms with Crippen LogP contribution in [0.3, 0.4) is 0 Å². The Balaban J connectivity index is 1.58. The molecule has 0 fully saturated rings. The van der Waals surface area contributed by atoms with Gasteiger partial charge in [-0.05, 0) is 50.1 Å². The van der Waals surface area contributed by atoms with Gasteiger partial charge in [0.15, 0.2) is 5.43 Å². The lowest BCUT2D eigenvalue weighted by Gasteiger charge is -2.11. The van der Waals surface area contributed by atoms with E-state index < -0.39 is 12.1 Å². The lowest BCUT2D eigenvalue weighted by Crippen LogP contribution is -2.15. The molecule has 29 heavy (non-hydrogen) atoms. The molecule has 3 rings (SSSR count). The molecular formula is C22H20O6S. The van der Waals surface area contributed by atoms with Crippen molar-refractivity contribution in [3.8, 4) is 5.75 Å². The van der Waals surface area contributed by atoms with Crippen molar-refractivity contribution in [2.75, 3.05) is 6.61 Å². The van der Waals surface area contributed by atoms with E-state index in [1.54, 1.807) is 31.2 Å². The molecule has 1 atom stereocenters. The van der Waals surface area contributed by atoms with Crippen molar-refractivity contribution < 1.29 is 23.8 Å². The number of benzene rings is 2. The van der Waals surface area contributed by atoms with Crippen molar-refractivity contribution in [2.24, 2.45) is 0 Å². The highest BCUT2D eigenvalue weighted by Gasteiger charge is 2.11. The molecular weight excluding hydrogens is 392 g/mol. The zero-order chi connectivity index (χ0) is 20.8. The van der Waals surface area contributed by atoms with Gasteiger partial charge in [-0.2, -0.15) is 0 Å². The first-order valence-corrected chi connectivity index (χ1v) is 9.93. The normalized spacial score (nSPS) is 11.8. The maximum atomic E-state index is 12.7. The van der Waals surface area contributed by atoms with Crippen LogP contribution in [0.25, 0.3) is 20.2 Å². The van der Waals surface area contributed by atoms with E-state index in [9.17, 15) is 14.4 Å². The molecule has 1 unspecified atom stereocenters. The van der Waals surface area contributed by atoms with E-state index in [2.05, 4.69) is 6.58 Å². The first-order valence-electron chi connectivity index (χ1n) is 9.11. The number of esters is 1. The number of fused-ring (bicyclic) bond motifs is 2. The van der Waals surface area contributed by atoms with Gasteiger partial charge in [-0.15, -0.1) is 11.3 Å². The van der Waals surface area contributed by atoms with Gasteiger partial charge in [-0.3, -0.25) is 4.79 Å². The second-order valence-corrected chi connectivity index (χ2v) is 7.46. The predicted octanol–water partition coefficient (Wildman–Crippen LogP) is 4.83. The summed E-state index contributed by atoms with van der Waals surface area (Å²) >= 11 is 1.50. The molecule has 0 N–H and O–H groups in total. The Hall–Kier alpha value is -3.19. The molecule has 0 aliphatic heterocycles. The number of ether oxygens (including phenoxy) is 3. The fourth-order valence-electron chi connectivity index (χ4n) is 2.80. The topological polar surface area (TPSA) is 78.9 Å². The molecule has 150 valence electrons. The van der Waals surface area contributed by atoms with Crippen LogP contribution in [0.1, 0.15) is 19.8 Å². The minimum atomic E-state index is -0.850. The van der Waals surface area contributed by atoms with E-state index in [1.165, 1.54) is 11.3 Å². The molecule has 1 aromatic heterocycles. The molecule has 0 spiro atoms. The van der Waals surface area contributed by atoms with Gasteiger partial charge >= 0.3 is 12.1 Å². The number of hydrogen-bond acceptors (Lipinski definition) is 7. The highest BCUT2D eigenvalue weighted by atomic mass is 32.1. The van der Waals surface area contributed by atoms with Gasteiger partial charge in [0.1, 0.15) is 5.75 Å². The molecule has 0 radical (unpaired) electrons. The average Bonchev–Trinajstić information content (AvgIpc) is 2.72. The Morgan fingerprint density at radius 3 is 2.69 bits per heavy atom. The van der Waals surface area contributed by atoms with Gasteiger partial charge in [0.25, 0.3) is 0 Å². The molecule has 3 aromatic rings. The Kier molecular flexibility index (Phi) is 6.61. The van der Waals surface area contributed by atoms with E-state index in [1.807, 2.05) is 18.2 Å². The van der Waals surface area contributed by atoms with E-state index in [-0.39, 0.29) is 23.9 Å². The van der Waals surface area contributed by atoms with E-state index in [4.69, 9.17) is 14.2 Å². The Morgan fingerprint density at radius 2 is 1.90 bits per heavy atom. The highest BCUT2D eigenvalue weighted by Crippen LogP contribution is 2.27. The minimum absolute atomic E-state index is 0.101. The first-order chi connectivity index (χ1) is 14.0. The van der Waals surface area contributed by atoms with Gasteiger partial charge in [0.05, 0.1) is 12.7 Å². The second kappa shape index (κ2) is 9.34. The van der Waals surface area contributed by atoms with Crippen LogP contribution in [0.15, 0.2) is 59.9 Å². The lowest BCUT2D eigenvalue weighted by molar-refractivity contribution is -0.142. The molecule has 0 saturated carbocycles. The van der Waals surface area contributed by atoms with Crippen LogP contribution in [0.5, 0.6) is 5.75 Å². The lowest BCUT2D eigenvalue weighted by atomic mass is 10.2. The first kappa shape index (κ1) is 20.5. The maximum Gasteiger partial charge on any atom is 0.513 e. The third-order valence-electron chi connectivity index (χ3n) is 4.21. The van der Waals surface area contributed by atoms with Gasteiger partial charge in [0, 0.05) is 26.2 Å². The van der Waals surface area contributed by atoms with E-state index >= 15 is 0 Å². The zero-order valence-electron chi connectivity index (χ0n) is 15.9. The summed E-state index contributed by atoms with van der Waals surface area (Å²) in [7, 11) is 0. The second-order valence-electron chi connectivity index (χ2n) is 6.38. The summed E-state index contributed by atoms with van der Waals surface area (Å²) in [5.41, 5.74) is -0.101. The average molecular weight is 412 g/mol. The third-order valence-corrected chi connectivity index (χ3v) is 5.36. The zero-order valence-corrected chi connectivity index (χ0v) is 16.7. The summed E-state index contributed by atoms with van der Waals surface area (Å²) in [5, 5.41) is 1.13. The van der Waals surface area contributed by atoms with Crippen LogP contribution in [-0.4, -0.2) is 24.8 Å². The molecule has 1 heterocycles. The van der Waals surface area contributed by atoms with Crippen LogP contribution in [0, 0.1) is 0 Å². The fraction of sp³-hybridized carbons (Fsp3) is 0.227. The largest absolute Gasteiger partial charge is 0.513 e. The SMILES string of the molecule is C=CC(=O)OC(C)CCCOC(=O)Oc1ccc2sc3ccccc3c(=O)c2c1. The van der Waals surface area contributed by atoms with Crippen molar-refractivity contribution in [3.63, 3.8) is 0 Å². The summed E-state index contributed by atoms with van der Waals surface area (Å²) < 4.78 is 17.0. The molecule has 0 aliphatic rings. The number of rotatable bonds is 7. The monoisotopic (exact) mass is 412 g/mol. The molecule has 0 amide bonds. The van der Waals surface area contributed by atoms with Crippen molar-refractivity contribution in [1.82, 2.24) is 0 Å². The summed E-state index contributed by atoms with van der Waals surface area (Å²) in [6, 6.07) is 12.3. The quantitative estimate of drug-likeness (QED) is 0.182. The predicted molar refractivity (Wildman–Crippen MR) is 113 cm³/mol. The summed E-state index contributed by atoms with van der Waals surface area (Å²) in [6.45, 7) is 5.21. The van der Waals surface area contributed by atoms with Crippen molar-refractivity contribution >= 4 is 43.6 Å². The standard InChI is InChI=1S/C22H20O6S/c1-3-20(23)27-14(2)7-6-12-26-22(25)28-15-10-11-19-17(13-15)21(24)16-8-4-5-9-18(16)29-19/h3-5,8-11,13-14H,1,6-7,12H2,2H3. The van der Waals surface area contributed by atoms with Gasteiger partial charge in [0.2, 0.25) is 0 Å². The molecule has 0 aliphatic carbocycles.